The van der Waals surface area contributed by atoms with Crippen molar-refractivity contribution < 1.29 is 61.5 Å². The van der Waals surface area contributed by atoms with Gasteiger partial charge in [0.1, 0.15) is 5.82 Å². The second-order valence-electron chi connectivity index (χ2n) is 8.03. The van der Waals surface area contributed by atoms with Gasteiger partial charge in [0.2, 0.25) is 11.6 Å². The number of benzene rings is 4. The molecule has 0 radical (unpaired) electrons. The highest BCUT2D eigenvalue weighted by atomic mass is 79.9. The molecule has 0 aliphatic heterocycles. The van der Waals surface area contributed by atoms with Gasteiger partial charge >= 0.3 is 0 Å². The highest BCUT2D eigenvalue weighted by Gasteiger charge is 2.33. The molecule has 0 N–H and O–H groups in total. The maximum atomic E-state index is 15.0. The van der Waals surface area contributed by atoms with Gasteiger partial charge in [-0.3, -0.25) is 0 Å². The summed E-state index contributed by atoms with van der Waals surface area (Å²) in [5.41, 5.74) is -10.4. The molecule has 4 aromatic rings. The lowest BCUT2D eigenvalue weighted by molar-refractivity contribution is 0.381. The second kappa shape index (κ2) is 10.1. The Morgan fingerprint density at radius 3 is 1.02 bits per heavy atom. The molecule has 0 aromatic heterocycles. The van der Waals surface area contributed by atoms with Gasteiger partial charge in [-0.25, -0.2) is 61.5 Å². The Hall–Kier alpha value is -3.62. The molecule has 0 atom stereocenters. The zero-order valence-electron chi connectivity index (χ0n) is 18.8. The number of halogens is 15. The van der Waals surface area contributed by atoms with Crippen LogP contribution in [-0.2, 0) is 0 Å². The number of hydrogen-bond donors (Lipinski definition) is 0. The van der Waals surface area contributed by atoms with Crippen molar-refractivity contribution >= 4 is 15.9 Å². The summed E-state index contributed by atoms with van der Waals surface area (Å²) in [5, 5.41) is 0. The van der Waals surface area contributed by atoms with Crippen LogP contribution in [0.15, 0.2) is 16.6 Å². The summed E-state index contributed by atoms with van der Waals surface area (Å²) in [7, 11) is 0. The molecule has 0 aliphatic rings. The Morgan fingerprint density at radius 2 is 0.650 bits per heavy atom. The Bertz CT molecular complexity index is 1580. The quantitative estimate of drug-likeness (QED) is 0.118. The van der Waals surface area contributed by atoms with Gasteiger partial charge in [0.25, 0.3) is 0 Å². The molecule has 0 saturated heterocycles. The van der Waals surface area contributed by atoms with E-state index in [9.17, 15) is 57.1 Å². The van der Waals surface area contributed by atoms with Gasteiger partial charge in [0, 0.05) is 21.2 Å². The minimum atomic E-state index is -2.65. The maximum absolute atomic E-state index is 15.0. The molecule has 0 fully saturated rings. The van der Waals surface area contributed by atoms with E-state index in [4.69, 9.17) is 0 Å². The van der Waals surface area contributed by atoms with Gasteiger partial charge in [0.15, 0.2) is 64.0 Å². The molecule has 15 heteroatoms. The molecular weight excluding hydrogens is 646 g/mol. The summed E-state index contributed by atoms with van der Waals surface area (Å²) >= 11 is 2.59. The van der Waals surface area contributed by atoms with Crippen LogP contribution in [-0.4, -0.2) is 0 Å². The summed E-state index contributed by atoms with van der Waals surface area (Å²) in [6.45, 7) is 0.601. The Balaban J connectivity index is 2.28. The molecule has 4 rings (SSSR count). The fraction of sp³-hybridized carbons (Fsp3) is 0.0400. The summed E-state index contributed by atoms with van der Waals surface area (Å²) in [6.07, 6.45) is 0. The SMILES string of the molecule is Cc1c(F)c(F)c(F)c(-c2cc(-c3c(F)c(F)c(F)c(F)c3F)cc(-c3c(F)c(F)c(F)c(F)c3F)c2Br)c1F. The van der Waals surface area contributed by atoms with E-state index in [0.29, 0.717) is 6.92 Å². The van der Waals surface area contributed by atoms with Gasteiger partial charge in [-0.2, -0.15) is 0 Å². The molecular formula is C25H5BrF14. The molecule has 0 unspecified atom stereocenters. The standard InChI is InChI=1S/C25H5BrF14/c1-4-12(27)9(16(31)19(34)13(4)28)6-2-5(8-14(29)20(35)24(39)21(36)15(8)30)3-7(11(6)26)10-17(32)22(37)25(40)23(38)18(10)33/h2-3H,1H3. The van der Waals surface area contributed by atoms with Crippen molar-refractivity contribution in [2.24, 2.45) is 0 Å². The zero-order chi connectivity index (χ0) is 30.1. The fourth-order valence-corrected chi connectivity index (χ4v) is 4.45. The Morgan fingerprint density at radius 1 is 0.375 bits per heavy atom. The van der Waals surface area contributed by atoms with Crippen LogP contribution in [0.5, 0.6) is 0 Å². The first-order valence-corrected chi connectivity index (χ1v) is 11.0. The van der Waals surface area contributed by atoms with Crippen molar-refractivity contribution in [2.75, 3.05) is 0 Å². The summed E-state index contributed by atoms with van der Waals surface area (Å²) in [5.74, 6) is -34.4. The molecule has 0 saturated carbocycles. The van der Waals surface area contributed by atoms with E-state index >= 15 is 4.39 Å². The van der Waals surface area contributed by atoms with Crippen molar-refractivity contribution in [1.82, 2.24) is 0 Å². The number of rotatable bonds is 3. The lowest BCUT2D eigenvalue weighted by Crippen LogP contribution is -2.08. The van der Waals surface area contributed by atoms with Crippen LogP contribution in [0.2, 0.25) is 0 Å². The lowest BCUT2D eigenvalue weighted by atomic mass is 9.91. The average Bonchev–Trinajstić information content (AvgIpc) is 2.92. The minimum Gasteiger partial charge on any atom is -0.206 e. The van der Waals surface area contributed by atoms with Crippen LogP contribution in [0.25, 0.3) is 33.4 Å². The van der Waals surface area contributed by atoms with Crippen LogP contribution in [0, 0.1) is 88.4 Å². The second-order valence-corrected chi connectivity index (χ2v) is 8.82. The first-order chi connectivity index (χ1) is 18.5. The Labute approximate surface area is 221 Å². The Kier molecular flexibility index (Phi) is 7.41. The predicted molar refractivity (Wildman–Crippen MR) is 115 cm³/mol. The topological polar surface area (TPSA) is 0 Å². The summed E-state index contributed by atoms with van der Waals surface area (Å²) < 4.78 is 199. The first kappa shape index (κ1) is 29.4. The summed E-state index contributed by atoms with van der Waals surface area (Å²) in [4.78, 5) is 0. The van der Waals surface area contributed by atoms with E-state index in [1.54, 1.807) is 0 Å². The number of hydrogen-bond acceptors (Lipinski definition) is 0. The van der Waals surface area contributed by atoms with E-state index in [-0.39, 0.29) is 12.1 Å². The van der Waals surface area contributed by atoms with Crippen molar-refractivity contribution in [1.29, 1.82) is 0 Å². The van der Waals surface area contributed by atoms with E-state index in [1.165, 1.54) is 0 Å². The van der Waals surface area contributed by atoms with Crippen molar-refractivity contribution in [3.8, 4) is 33.4 Å². The van der Waals surface area contributed by atoms with Crippen LogP contribution >= 0.6 is 15.9 Å². The molecule has 0 nitrogen and oxygen atoms in total. The normalized spacial score (nSPS) is 11.5. The van der Waals surface area contributed by atoms with Crippen LogP contribution in [0.3, 0.4) is 0 Å². The third-order valence-corrected chi connectivity index (χ3v) is 6.66. The van der Waals surface area contributed by atoms with Gasteiger partial charge < -0.3 is 0 Å². The molecule has 0 heterocycles. The largest absolute Gasteiger partial charge is 0.206 e. The lowest BCUT2D eigenvalue weighted by Gasteiger charge is -2.18. The van der Waals surface area contributed by atoms with E-state index in [0.717, 1.165) is 0 Å². The smallest absolute Gasteiger partial charge is 0.200 e. The molecule has 4 aromatic carbocycles. The highest BCUT2D eigenvalue weighted by molar-refractivity contribution is 9.10. The summed E-state index contributed by atoms with van der Waals surface area (Å²) in [6, 6.07) is 0.420. The van der Waals surface area contributed by atoms with E-state index in [1.807, 2.05) is 0 Å². The van der Waals surface area contributed by atoms with Crippen LogP contribution in [0.4, 0.5) is 61.5 Å². The van der Waals surface area contributed by atoms with Crippen molar-refractivity contribution in [3.05, 3.63) is 104 Å². The molecule has 40 heavy (non-hydrogen) atoms. The van der Waals surface area contributed by atoms with Gasteiger partial charge in [0.05, 0.1) is 16.7 Å². The van der Waals surface area contributed by atoms with Gasteiger partial charge in [-0.1, -0.05) is 0 Å². The van der Waals surface area contributed by atoms with Crippen LogP contribution < -0.4 is 0 Å². The first-order valence-electron chi connectivity index (χ1n) is 10.2. The highest BCUT2D eigenvalue weighted by Crippen LogP contribution is 2.46. The van der Waals surface area contributed by atoms with E-state index < -0.39 is 125 Å². The van der Waals surface area contributed by atoms with Gasteiger partial charge in [-0.05, 0) is 40.5 Å². The molecule has 0 amide bonds. The molecule has 0 spiro atoms. The van der Waals surface area contributed by atoms with Gasteiger partial charge in [-0.15, -0.1) is 0 Å². The zero-order valence-corrected chi connectivity index (χ0v) is 20.4. The molecule has 0 bridgehead atoms. The molecule has 0 aliphatic carbocycles. The third kappa shape index (κ3) is 4.12. The monoisotopic (exact) mass is 650 g/mol. The third-order valence-electron chi connectivity index (χ3n) is 5.80. The fourth-order valence-electron chi connectivity index (χ4n) is 3.82. The van der Waals surface area contributed by atoms with E-state index in [2.05, 4.69) is 15.9 Å². The minimum absolute atomic E-state index is 0.173. The van der Waals surface area contributed by atoms with Crippen molar-refractivity contribution in [3.63, 3.8) is 0 Å². The predicted octanol–water partition coefficient (Wildman–Crippen LogP) is 9.71. The van der Waals surface area contributed by atoms with Crippen molar-refractivity contribution in [2.45, 2.75) is 6.92 Å². The average molecular weight is 651 g/mol. The van der Waals surface area contributed by atoms with Crippen LogP contribution in [0.1, 0.15) is 5.56 Å². The molecule has 210 valence electrons. The maximum Gasteiger partial charge on any atom is 0.200 e.